The van der Waals surface area contributed by atoms with Crippen LogP contribution in [0.3, 0.4) is 0 Å². The number of pyridine rings is 1. The van der Waals surface area contributed by atoms with Crippen LogP contribution in [0.25, 0.3) is 0 Å². The number of benzene rings is 1. The van der Waals surface area contributed by atoms with E-state index in [1.807, 2.05) is 6.92 Å². The fourth-order valence-corrected chi connectivity index (χ4v) is 4.35. The van der Waals surface area contributed by atoms with Crippen molar-refractivity contribution >= 4 is 39.8 Å². The molecule has 1 heterocycles. The maximum absolute atomic E-state index is 13.0. The molecular formula is C28H40N6O9S. The highest BCUT2D eigenvalue weighted by atomic mass is 32.2. The molecule has 0 aliphatic heterocycles. The molecular weight excluding hydrogens is 596 g/mol. The van der Waals surface area contributed by atoms with Crippen LogP contribution in [0.1, 0.15) is 52.8 Å². The number of sulfonamides is 1. The first kappa shape index (κ1) is 35.6. The molecule has 0 saturated heterocycles. The van der Waals surface area contributed by atoms with E-state index in [4.69, 9.17) is 14.3 Å². The van der Waals surface area contributed by atoms with Crippen molar-refractivity contribution in [1.82, 2.24) is 20.5 Å². The van der Waals surface area contributed by atoms with Gasteiger partial charge in [-0.15, -0.1) is 0 Å². The Morgan fingerprint density at radius 2 is 1.41 bits per heavy atom. The van der Waals surface area contributed by atoms with Crippen molar-refractivity contribution in [2.45, 2.75) is 78.0 Å². The first-order valence-corrected chi connectivity index (χ1v) is 15.0. The second-order valence-electron chi connectivity index (χ2n) is 11.6. The molecule has 242 valence electrons. The largest absolute Gasteiger partial charge is 0.444 e. The summed E-state index contributed by atoms with van der Waals surface area (Å²) < 4.78 is 39.2. The molecule has 1 aromatic heterocycles. The van der Waals surface area contributed by atoms with E-state index in [1.165, 1.54) is 24.3 Å². The summed E-state index contributed by atoms with van der Waals surface area (Å²) in [6, 6.07) is 8.96. The summed E-state index contributed by atoms with van der Waals surface area (Å²) in [5, 5.41) is 10.7. The van der Waals surface area contributed by atoms with Gasteiger partial charge in [-0.05, 0) is 84.8 Å². The van der Waals surface area contributed by atoms with E-state index in [0.29, 0.717) is 5.69 Å². The topological polar surface area (TPSA) is 196 Å². The molecule has 0 radical (unpaired) electrons. The lowest BCUT2D eigenvalue weighted by Crippen LogP contribution is -2.47. The summed E-state index contributed by atoms with van der Waals surface area (Å²) in [4.78, 5) is 55.0. The third-order valence-corrected chi connectivity index (χ3v) is 6.56. The summed E-state index contributed by atoms with van der Waals surface area (Å²) in [5.41, 5.74) is -1.27. The van der Waals surface area contributed by atoms with Gasteiger partial charge in [-0.1, -0.05) is 17.7 Å². The van der Waals surface area contributed by atoms with Gasteiger partial charge < -0.3 is 24.2 Å². The first-order chi connectivity index (χ1) is 20.3. The van der Waals surface area contributed by atoms with Gasteiger partial charge in [-0.25, -0.2) is 18.0 Å². The number of nitrogens with zero attached hydrogens (tertiary/aromatic N) is 2. The zero-order valence-electron chi connectivity index (χ0n) is 26.1. The molecule has 0 aliphatic rings. The Balaban J connectivity index is 2.01. The number of alkyl carbamates (subject to hydrolysis) is 2. The van der Waals surface area contributed by atoms with Gasteiger partial charge >= 0.3 is 12.2 Å². The second kappa shape index (κ2) is 14.7. The number of aromatic nitrogens is 1. The monoisotopic (exact) mass is 636 g/mol. The number of guanidine groups is 1. The van der Waals surface area contributed by atoms with Crippen molar-refractivity contribution in [3.05, 3.63) is 58.0 Å². The molecule has 0 unspecified atom stereocenters. The number of carbonyl (C=O) groups is 3. The standard InChI is InChI=1S/C28H40N6O9S/c1-18-9-12-20(13-10-18)44(39,40)33-21-14-11-19(2)34(23(21)36)17-22(35)29-15-16-41-32-24(30-25(37)42-27(3,4)5)31-26(38)43-28(6,7)8/h9-14,33H,15-17H2,1-8H3,(H,29,35)(H2,30,31,32,37,38). The van der Waals surface area contributed by atoms with Crippen LogP contribution in [0.4, 0.5) is 15.3 Å². The van der Waals surface area contributed by atoms with Gasteiger partial charge in [0, 0.05) is 5.69 Å². The second-order valence-corrected chi connectivity index (χ2v) is 13.3. The predicted octanol–water partition coefficient (Wildman–Crippen LogP) is 2.72. The lowest BCUT2D eigenvalue weighted by molar-refractivity contribution is -0.122. The number of oxime groups is 1. The Morgan fingerprint density at radius 3 is 1.93 bits per heavy atom. The fourth-order valence-electron chi connectivity index (χ4n) is 3.29. The number of aryl methyl sites for hydroxylation is 2. The van der Waals surface area contributed by atoms with Gasteiger partial charge in [-0.2, -0.15) is 0 Å². The highest BCUT2D eigenvalue weighted by Crippen LogP contribution is 2.15. The van der Waals surface area contributed by atoms with Gasteiger partial charge in [0.1, 0.15) is 30.0 Å². The SMILES string of the molecule is Cc1ccc(S(=O)(=O)Nc2ccc(C)n(CC(=O)NCCON=C(NC(=O)OC(C)(C)C)NC(=O)OC(C)(C)C)c2=O)cc1. The van der Waals surface area contributed by atoms with Crippen LogP contribution in [-0.4, -0.2) is 61.4 Å². The lowest BCUT2D eigenvalue weighted by Gasteiger charge is -2.21. The van der Waals surface area contributed by atoms with Crippen LogP contribution in [0, 0.1) is 13.8 Å². The van der Waals surface area contributed by atoms with E-state index in [0.717, 1.165) is 10.1 Å². The van der Waals surface area contributed by atoms with E-state index < -0.39 is 57.4 Å². The Labute approximate surface area is 256 Å². The average Bonchev–Trinajstić information content (AvgIpc) is 2.86. The van der Waals surface area contributed by atoms with Crippen molar-refractivity contribution in [1.29, 1.82) is 0 Å². The molecule has 44 heavy (non-hydrogen) atoms. The van der Waals surface area contributed by atoms with E-state index in [-0.39, 0.29) is 23.7 Å². The Bertz CT molecular complexity index is 1510. The number of amides is 3. The maximum Gasteiger partial charge on any atom is 0.414 e. The summed E-state index contributed by atoms with van der Waals surface area (Å²) in [5.74, 6) is -0.979. The van der Waals surface area contributed by atoms with Crippen molar-refractivity contribution in [3.63, 3.8) is 0 Å². The van der Waals surface area contributed by atoms with Crippen molar-refractivity contribution < 1.29 is 37.1 Å². The Morgan fingerprint density at radius 1 is 0.864 bits per heavy atom. The molecule has 0 aliphatic carbocycles. The summed E-state index contributed by atoms with van der Waals surface area (Å²) in [6.45, 7) is 12.7. The summed E-state index contributed by atoms with van der Waals surface area (Å²) in [7, 11) is -4.03. The number of hydrogen-bond donors (Lipinski definition) is 4. The number of hydrogen-bond acceptors (Lipinski definition) is 10. The average molecular weight is 637 g/mol. The van der Waals surface area contributed by atoms with Gasteiger partial charge in [0.2, 0.25) is 5.91 Å². The predicted molar refractivity (Wildman–Crippen MR) is 163 cm³/mol. The van der Waals surface area contributed by atoms with Crippen molar-refractivity contribution in [2.24, 2.45) is 5.16 Å². The third-order valence-electron chi connectivity index (χ3n) is 5.18. The number of rotatable bonds is 9. The van der Waals surface area contributed by atoms with Crippen molar-refractivity contribution in [3.8, 4) is 0 Å². The molecule has 0 fully saturated rings. The zero-order chi connectivity index (χ0) is 33.3. The molecule has 2 rings (SSSR count). The molecule has 4 N–H and O–H groups in total. The quantitative estimate of drug-likeness (QED) is 0.138. The van der Waals surface area contributed by atoms with E-state index in [1.54, 1.807) is 60.6 Å². The molecule has 0 bridgehead atoms. The zero-order valence-corrected chi connectivity index (χ0v) is 26.9. The normalized spacial score (nSPS) is 11.5. The molecule has 1 aromatic carbocycles. The minimum absolute atomic E-state index is 0.0132. The van der Waals surface area contributed by atoms with Crippen LogP contribution in [0.5, 0.6) is 0 Å². The lowest BCUT2D eigenvalue weighted by atomic mass is 10.2. The minimum Gasteiger partial charge on any atom is -0.444 e. The smallest absolute Gasteiger partial charge is 0.414 e. The van der Waals surface area contributed by atoms with Crippen LogP contribution in [0.15, 0.2) is 51.2 Å². The number of nitrogens with one attached hydrogen (secondary N) is 4. The number of carbonyl (C=O) groups excluding carboxylic acids is 3. The summed E-state index contributed by atoms with van der Waals surface area (Å²) >= 11 is 0. The first-order valence-electron chi connectivity index (χ1n) is 13.5. The number of ether oxygens (including phenoxy) is 2. The molecule has 0 atom stereocenters. The molecule has 15 nitrogen and oxygen atoms in total. The number of anilines is 1. The molecule has 0 spiro atoms. The Kier molecular flexibility index (Phi) is 11.9. The fraction of sp³-hybridized carbons (Fsp3) is 0.464. The van der Waals surface area contributed by atoms with E-state index in [9.17, 15) is 27.6 Å². The van der Waals surface area contributed by atoms with Crippen LogP contribution in [0.2, 0.25) is 0 Å². The minimum atomic E-state index is -4.03. The van der Waals surface area contributed by atoms with E-state index >= 15 is 0 Å². The van der Waals surface area contributed by atoms with Crippen LogP contribution < -0.4 is 26.2 Å². The molecule has 0 saturated carbocycles. The van der Waals surface area contributed by atoms with Gasteiger partial charge in [0.15, 0.2) is 0 Å². The third kappa shape index (κ3) is 12.3. The highest BCUT2D eigenvalue weighted by Gasteiger charge is 2.22. The Hall–Kier alpha value is -4.60. The van der Waals surface area contributed by atoms with E-state index in [2.05, 4.69) is 25.8 Å². The van der Waals surface area contributed by atoms with Crippen LogP contribution in [-0.2, 0) is 35.7 Å². The molecule has 2 aromatic rings. The maximum atomic E-state index is 13.0. The van der Waals surface area contributed by atoms with Gasteiger partial charge in [-0.3, -0.25) is 24.9 Å². The van der Waals surface area contributed by atoms with Crippen LogP contribution >= 0.6 is 0 Å². The van der Waals surface area contributed by atoms with Crippen molar-refractivity contribution in [2.75, 3.05) is 17.9 Å². The van der Waals surface area contributed by atoms with Gasteiger partial charge in [0.25, 0.3) is 21.5 Å². The van der Waals surface area contributed by atoms with Gasteiger partial charge in [0.05, 0.1) is 11.4 Å². The summed E-state index contributed by atoms with van der Waals surface area (Å²) in [6.07, 6.45) is -1.82. The molecule has 16 heteroatoms. The highest BCUT2D eigenvalue weighted by molar-refractivity contribution is 7.92. The molecule has 3 amide bonds.